The minimum Gasteiger partial charge on any atom is -0.497 e. The monoisotopic (exact) mass is 390 g/mol. The van der Waals surface area contributed by atoms with Gasteiger partial charge in [0.1, 0.15) is 5.75 Å². The number of aryl methyl sites for hydroxylation is 1. The number of aromatic nitrogens is 2. The van der Waals surface area contributed by atoms with Crippen molar-refractivity contribution >= 4 is 18.3 Å². The summed E-state index contributed by atoms with van der Waals surface area (Å²) in [6, 6.07) is 8.19. The molecular weight excluding hydrogens is 364 g/mol. The third-order valence-electron chi connectivity index (χ3n) is 5.95. The lowest BCUT2D eigenvalue weighted by Gasteiger charge is -2.28. The summed E-state index contributed by atoms with van der Waals surface area (Å²) in [6.45, 7) is 6.75. The van der Waals surface area contributed by atoms with Crippen molar-refractivity contribution in [3.05, 3.63) is 46.8 Å². The van der Waals surface area contributed by atoms with Crippen LogP contribution >= 0.6 is 12.4 Å². The van der Waals surface area contributed by atoms with Crippen molar-refractivity contribution in [2.24, 2.45) is 11.8 Å². The minimum absolute atomic E-state index is 0. The van der Waals surface area contributed by atoms with Crippen LogP contribution in [-0.2, 0) is 6.42 Å². The molecule has 0 bridgehead atoms. The van der Waals surface area contributed by atoms with Gasteiger partial charge in [-0.25, -0.2) is 0 Å². The van der Waals surface area contributed by atoms with Gasteiger partial charge in [0.15, 0.2) is 5.69 Å². The first-order valence-corrected chi connectivity index (χ1v) is 9.33. The Morgan fingerprint density at radius 3 is 2.67 bits per heavy atom. The van der Waals surface area contributed by atoms with Gasteiger partial charge in [-0.05, 0) is 37.0 Å². The molecule has 0 spiro atoms. The molecule has 2 aromatic rings. The van der Waals surface area contributed by atoms with Crippen LogP contribution in [-0.4, -0.2) is 47.7 Å². The summed E-state index contributed by atoms with van der Waals surface area (Å²) < 4.78 is 5.29. The van der Waals surface area contributed by atoms with Gasteiger partial charge < -0.3 is 15.0 Å². The minimum atomic E-state index is 0. The van der Waals surface area contributed by atoms with Crippen LogP contribution in [0.4, 0.5) is 0 Å². The number of benzene rings is 1. The molecule has 2 aliphatic rings. The molecule has 2 fully saturated rings. The maximum absolute atomic E-state index is 13.3. The van der Waals surface area contributed by atoms with Crippen LogP contribution in [0.3, 0.4) is 0 Å². The van der Waals surface area contributed by atoms with Crippen LogP contribution in [0, 0.1) is 18.8 Å². The molecular formula is C20H27ClN4O2. The lowest BCUT2D eigenvalue weighted by atomic mass is 9.89. The zero-order valence-corrected chi connectivity index (χ0v) is 16.8. The maximum atomic E-state index is 13.3. The molecule has 0 radical (unpaired) electrons. The quantitative estimate of drug-likeness (QED) is 0.842. The van der Waals surface area contributed by atoms with E-state index in [4.69, 9.17) is 4.74 Å². The highest BCUT2D eigenvalue weighted by atomic mass is 35.5. The SMILES string of the molecule is CCc1[nH]nc(C(=O)N2C[C@@H]3CNC[C@@H]3[C@@H]2c2ccc(OC)cc2)c1C.Cl. The molecule has 3 atom stereocenters. The van der Waals surface area contributed by atoms with E-state index in [0.717, 1.165) is 43.1 Å². The summed E-state index contributed by atoms with van der Waals surface area (Å²) in [4.78, 5) is 15.4. The van der Waals surface area contributed by atoms with E-state index in [1.54, 1.807) is 7.11 Å². The summed E-state index contributed by atoms with van der Waals surface area (Å²) in [6.07, 6.45) is 0.850. The van der Waals surface area contributed by atoms with Crippen molar-refractivity contribution in [3.63, 3.8) is 0 Å². The second-order valence-electron chi connectivity index (χ2n) is 7.29. The van der Waals surface area contributed by atoms with Crippen LogP contribution < -0.4 is 10.1 Å². The van der Waals surface area contributed by atoms with Crippen molar-refractivity contribution in [1.82, 2.24) is 20.4 Å². The number of hydrogen-bond donors (Lipinski definition) is 2. The maximum Gasteiger partial charge on any atom is 0.275 e. The third-order valence-corrected chi connectivity index (χ3v) is 5.95. The summed E-state index contributed by atoms with van der Waals surface area (Å²) in [5.74, 6) is 1.81. The molecule has 2 aliphatic heterocycles. The zero-order valence-electron chi connectivity index (χ0n) is 16.0. The van der Waals surface area contributed by atoms with E-state index in [1.165, 1.54) is 5.56 Å². The first-order valence-electron chi connectivity index (χ1n) is 9.33. The first-order chi connectivity index (χ1) is 12.6. The zero-order chi connectivity index (χ0) is 18.3. The molecule has 3 heterocycles. The molecule has 27 heavy (non-hydrogen) atoms. The predicted octanol–water partition coefficient (Wildman–Crippen LogP) is 2.74. The van der Waals surface area contributed by atoms with E-state index < -0.39 is 0 Å². The van der Waals surface area contributed by atoms with Gasteiger partial charge in [-0.2, -0.15) is 5.10 Å². The van der Waals surface area contributed by atoms with Crippen molar-refractivity contribution in [3.8, 4) is 5.75 Å². The van der Waals surface area contributed by atoms with Gasteiger partial charge in [0.25, 0.3) is 5.91 Å². The molecule has 4 rings (SSSR count). The number of fused-ring (bicyclic) bond motifs is 1. The number of amides is 1. The number of rotatable bonds is 4. The standard InChI is InChI=1S/C20H26N4O2.ClH/c1-4-17-12(2)18(23-22-17)20(25)24-11-14-9-21-10-16(14)19(24)13-5-7-15(26-3)8-6-13;/h5-8,14,16,19,21H,4,9-11H2,1-3H3,(H,22,23);1H/t14-,16-,19-;/m0./s1. The predicted molar refractivity (Wildman–Crippen MR) is 107 cm³/mol. The molecule has 146 valence electrons. The fourth-order valence-electron chi connectivity index (χ4n) is 4.48. The fraction of sp³-hybridized carbons (Fsp3) is 0.500. The van der Waals surface area contributed by atoms with Crippen molar-refractivity contribution in [2.75, 3.05) is 26.7 Å². The van der Waals surface area contributed by atoms with Crippen LogP contribution in [0.5, 0.6) is 5.75 Å². The number of carbonyl (C=O) groups is 1. The van der Waals surface area contributed by atoms with Gasteiger partial charge in [0.05, 0.1) is 13.2 Å². The van der Waals surface area contributed by atoms with E-state index in [-0.39, 0.29) is 24.4 Å². The van der Waals surface area contributed by atoms with Crippen LogP contribution in [0.1, 0.15) is 40.3 Å². The average molecular weight is 391 g/mol. The van der Waals surface area contributed by atoms with Gasteiger partial charge in [0.2, 0.25) is 0 Å². The van der Waals surface area contributed by atoms with E-state index >= 15 is 0 Å². The number of halogens is 1. The van der Waals surface area contributed by atoms with Crippen molar-refractivity contribution < 1.29 is 9.53 Å². The first kappa shape index (κ1) is 19.7. The Kier molecular flexibility index (Phi) is 5.77. The highest BCUT2D eigenvalue weighted by molar-refractivity contribution is 5.94. The van der Waals surface area contributed by atoms with Gasteiger partial charge >= 0.3 is 0 Å². The highest BCUT2D eigenvalue weighted by Gasteiger charge is 2.47. The average Bonchev–Trinajstić information content (AvgIpc) is 3.35. The largest absolute Gasteiger partial charge is 0.497 e. The van der Waals surface area contributed by atoms with E-state index in [0.29, 0.717) is 17.5 Å². The fourth-order valence-corrected chi connectivity index (χ4v) is 4.48. The molecule has 1 amide bonds. The van der Waals surface area contributed by atoms with Crippen LogP contribution in [0.25, 0.3) is 0 Å². The molecule has 2 N–H and O–H groups in total. The summed E-state index contributed by atoms with van der Waals surface area (Å²) >= 11 is 0. The van der Waals surface area contributed by atoms with Crippen LogP contribution in [0.15, 0.2) is 24.3 Å². The number of carbonyl (C=O) groups excluding carboxylic acids is 1. The van der Waals surface area contributed by atoms with Gasteiger partial charge in [-0.15, -0.1) is 12.4 Å². The number of ether oxygens (including phenoxy) is 1. The van der Waals surface area contributed by atoms with Crippen molar-refractivity contribution in [2.45, 2.75) is 26.3 Å². The lowest BCUT2D eigenvalue weighted by Crippen LogP contribution is -2.35. The Morgan fingerprint density at radius 1 is 1.30 bits per heavy atom. The Hall–Kier alpha value is -2.05. The molecule has 1 aromatic carbocycles. The molecule has 2 saturated heterocycles. The highest BCUT2D eigenvalue weighted by Crippen LogP contribution is 2.43. The summed E-state index contributed by atoms with van der Waals surface area (Å²) in [5.41, 5.74) is 3.74. The number of likely N-dealkylation sites (tertiary alicyclic amines) is 1. The summed E-state index contributed by atoms with van der Waals surface area (Å²) in [7, 11) is 1.67. The lowest BCUT2D eigenvalue weighted by molar-refractivity contribution is 0.0707. The Bertz CT molecular complexity index is 805. The van der Waals surface area contributed by atoms with Crippen LogP contribution in [0.2, 0.25) is 0 Å². The molecule has 6 nitrogen and oxygen atoms in total. The molecule has 0 aliphatic carbocycles. The number of H-pyrrole nitrogens is 1. The number of hydrogen-bond acceptors (Lipinski definition) is 4. The molecule has 1 aromatic heterocycles. The van der Waals surface area contributed by atoms with Gasteiger partial charge in [-0.1, -0.05) is 19.1 Å². The number of nitrogens with zero attached hydrogens (tertiary/aromatic N) is 2. The number of aromatic amines is 1. The Balaban J connectivity index is 0.00000210. The normalized spacial score (nSPS) is 23.8. The van der Waals surface area contributed by atoms with Gasteiger partial charge in [0, 0.05) is 36.8 Å². The number of nitrogens with one attached hydrogen (secondary N) is 2. The Labute approximate surface area is 166 Å². The Morgan fingerprint density at radius 2 is 2.04 bits per heavy atom. The van der Waals surface area contributed by atoms with Crippen molar-refractivity contribution in [1.29, 1.82) is 0 Å². The third kappa shape index (κ3) is 3.32. The van der Waals surface area contributed by atoms with E-state index in [1.807, 2.05) is 24.0 Å². The molecule has 7 heteroatoms. The van der Waals surface area contributed by atoms with Gasteiger partial charge in [-0.3, -0.25) is 9.89 Å². The topological polar surface area (TPSA) is 70.2 Å². The van der Waals surface area contributed by atoms with E-state index in [2.05, 4.69) is 34.6 Å². The summed E-state index contributed by atoms with van der Waals surface area (Å²) in [5, 5.41) is 10.8. The number of methoxy groups -OCH3 is 1. The smallest absolute Gasteiger partial charge is 0.275 e. The molecule has 0 unspecified atom stereocenters. The molecule has 0 saturated carbocycles. The van der Waals surface area contributed by atoms with E-state index in [9.17, 15) is 4.79 Å². The second-order valence-corrected chi connectivity index (χ2v) is 7.29. The second kappa shape index (κ2) is 7.90.